The molecule has 0 heterocycles. The zero-order valence-corrected chi connectivity index (χ0v) is 27.1. The van der Waals surface area contributed by atoms with Crippen molar-refractivity contribution in [3.63, 3.8) is 0 Å². The van der Waals surface area contributed by atoms with E-state index in [-0.39, 0.29) is 4.99 Å². The van der Waals surface area contributed by atoms with Gasteiger partial charge in [-0.25, -0.2) is 0 Å². The molecule has 212 valence electrons. The number of hydrogen-bond acceptors (Lipinski definition) is 1. The molecule has 0 N–H and O–H groups in total. The number of benzene rings is 6. The average Bonchev–Trinajstić information content (AvgIpc) is 3.08. The monoisotopic (exact) mass is 613 g/mol. The second kappa shape index (κ2) is 13.3. The molecule has 0 amide bonds. The van der Waals surface area contributed by atoms with Gasteiger partial charge in [-0.1, -0.05) is 127 Å². The van der Waals surface area contributed by atoms with Crippen molar-refractivity contribution in [3.05, 3.63) is 175 Å². The van der Waals surface area contributed by atoms with Gasteiger partial charge in [0.2, 0.25) is 0 Å². The Morgan fingerprint density at radius 3 is 1.44 bits per heavy atom. The first-order valence-electron chi connectivity index (χ1n) is 14.6. The lowest BCUT2D eigenvalue weighted by atomic mass is 10.2. The first kappa shape index (κ1) is 29.4. The SMILES string of the molecule is Cc1ccc(S(=O)[C@H](C)[P+](c2ccccc2)(c2ccccc2)c2ccccc2P(c2ccccc2)c2ccccc2)cc1. The molecule has 0 saturated carbocycles. The highest BCUT2D eigenvalue weighted by atomic mass is 32.2. The molecule has 0 radical (unpaired) electrons. The number of hydrogen-bond donors (Lipinski definition) is 0. The standard InChI is InChI=1S/C39H35OP2S/c1-31-27-29-37(30-28-31)43(40)32(2)42(35-21-11-5-12-22-35,36-23-13-6-14-24-36)39-26-16-15-25-38(39)41(33-17-7-3-8-18-33)34-19-9-4-10-20-34/h3-30,32H,1-2H3/q+1/t32-,43?/m1/s1. The Bertz CT molecular complexity index is 1710. The predicted molar refractivity (Wildman–Crippen MR) is 191 cm³/mol. The summed E-state index contributed by atoms with van der Waals surface area (Å²) in [4.78, 5) is 0.699. The zero-order valence-electron chi connectivity index (χ0n) is 24.5. The van der Waals surface area contributed by atoms with Crippen molar-refractivity contribution in [1.29, 1.82) is 0 Å². The molecule has 0 bridgehead atoms. The summed E-state index contributed by atoms with van der Waals surface area (Å²) < 4.78 is 14.8. The van der Waals surface area contributed by atoms with Crippen LogP contribution < -0.4 is 31.8 Å². The van der Waals surface area contributed by atoms with Crippen molar-refractivity contribution < 1.29 is 4.21 Å². The predicted octanol–water partition coefficient (Wildman–Crippen LogP) is 7.20. The minimum Gasteiger partial charge on any atom is -0.250 e. The molecule has 4 heteroatoms. The van der Waals surface area contributed by atoms with Crippen LogP contribution in [0, 0.1) is 6.92 Å². The minimum absolute atomic E-state index is 0.176. The molecule has 0 spiro atoms. The molecule has 0 aromatic heterocycles. The molecule has 6 aromatic carbocycles. The van der Waals surface area contributed by atoms with Crippen LogP contribution in [0.3, 0.4) is 0 Å². The first-order valence-corrected chi connectivity index (χ1v) is 19.0. The van der Waals surface area contributed by atoms with Gasteiger partial charge >= 0.3 is 0 Å². The Balaban J connectivity index is 1.69. The van der Waals surface area contributed by atoms with E-state index in [1.54, 1.807) is 0 Å². The Morgan fingerprint density at radius 2 is 0.953 bits per heavy atom. The Kier molecular flexibility index (Phi) is 9.11. The van der Waals surface area contributed by atoms with E-state index in [9.17, 15) is 4.21 Å². The van der Waals surface area contributed by atoms with Crippen LogP contribution in [0.25, 0.3) is 0 Å². The molecule has 0 aliphatic carbocycles. The van der Waals surface area contributed by atoms with E-state index in [0.29, 0.717) is 0 Å². The van der Waals surface area contributed by atoms with Gasteiger partial charge in [-0.2, -0.15) is 0 Å². The molecule has 0 aliphatic rings. The van der Waals surface area contributed by atoms with Crippen LogP contribution >= 0.6 is 15.2 Å². The Labute approximate surface area is 260 Å². The highest BCUT2D eigenvalue weighted by Gasteiger charge is 2.54. The van der Waals surface area contributed by atoms with Gasteiger partial charge in [0.1, 0.15) is 23.2 Å². The molecule has 1 nitrogen and oxygen atoms in total. The lowest BCUT2D eigenvalue weighted by Crippen LogP contribution is -2.45. The van der Waals surface area contributed by atoms with E-state index in [2.05, 4.69) is 172 Å². The van der Waals surface area contributed by atoms with Crippen molar-refractivity contribution in [1.82, 2.24) is 0 Å². The molecule has 43 heavy (non-hydrogen) atoms. The molecule has 1 unspecified atom stereocenters. The topological polar surface area (TPSA) is 17.1 Å². The highest BCUT2D eigenvalue weighted by molar-refractivity contribution is 8.08. The van der Waals surface area contributed by atoms with Gasteiger partial charge in [0.05, 0.1) is 10.8 Å². The maximum Gasteiger partial charge on any atom is 0.159 e. The van der Waals surface area contributed by atoms with E-state index < -0.39 is 26.0 Å². The third kappa shape index (κ3) is 5.81. The van der Waals surface area contributed by atoms with Crippen molar-refractivity contribution >= 4 is 57.8 Å². The molecular formula is C39H35OP2S+. The summed E-state index contributed by atoms with van der Waals surface area (Å²) in [6, 6.07) is 60.7. The summed E-state index contributed by atoms with van der Waals surface area (Å²) >= 11 is 0. The largest absolute Gasteiger partial charge is 0.250 e. The van der Waals surface area contributed by atoms with Crippen LogP contribution in [0.5, 0.6) is 0 Å². The van der Waals surface area contributed by atoms with Crippen LogP contribution in [-0.4, -0.2) is 9.20 Å². The van der Waals surface area contributed by atoms with Crippen molar-refractivity contribution in [3.8, 4) is 0 Å². The third-order valence-corrected chi connectivity index (χ3v) is 18.0. The van der Waals surface area contributed by atoms with Gasteiger partial charge in [-0.3, -0.25) is 4.21 Å². The van der Waals surface area contributed by atoms with Gasteiger partial charge < -0.3 is 0 Å². The summed E-state index contributed by atoms with van der Waals surface area (Å²) in [6.07, 6.45) is 0. The second-order valence-electron chi connectivity index (χ2n) is 10.6. The smallest absolute Gasteiger partial charge is 0.159 e. The summed E-state index contributed by atoms with van der Waals surface area (Å²) in [5.74, 6) is 0. The van der Waals surface area contributed by atoms with Crippen molar-refractivity contribution in [2.24, 2.45) is 0 Å². The van der Waals surface area contributed by atoms with Crippen LogP contribution in [0.1, 0.15) is 12.5 Å². The van der Waals surface area contributed by atoms with Gasteiger partial charge in [0, 0.05) is 10.2 Å². The van der Waals surface area contributed by atoms with Crippen molar-refractivity contribution in [2.45, 2.75) is 23.7 Å². The molecule has 0 fully saturated rings. The van der Waals surface area contributed by atoms with E-state index in [1.807, 2.05) is 12.1 Å². The summed E-state index contributed by atoms with van der Waals surface area (Å²) in [5, 5.41) is 7.74. The van der Waals surface area contributed by atoms with E-state index >= 15 is 0 Å². The summed E-state index contributed by atoms with van der Waals surface area (Å²) in [7, 11) is -4.64. The highest BCUT2D eigenvalue weighted by Crippen LogP contribution is 2.62. The maximum atomic E-state index is 14.8. The van der Waals surface area contributed by atoms with Crippen LogP contribution in [0.2, 0.25) is 0 Å². The lowest BCUT2D eigenvalue weighted by molar-refractivity contribution is 0.682. The summed E-state index contributed by atoms with van der Waals surface area (Å²) in [5.41, 5.74) is 1.17. The third-order valence-electron chi connectivity index (χ3n) is 7.97. The summed E-state index contributed by atoms with van der Waals surface area (Å²) in [6.45, 7) is 4.29. The first-order chi connectivity index (χ1) is 21.1. The van der Waals surface area contributed by atoms with Crippen LogP contribution in [-0.2, 0) is 10.8 Å². The van der Waals surface area contributed by atoms with Gasteiger partial charge in [0.15, 0.2) is 4.99 Å². The van der Waals surface area contributed by atoms with Gasteiger partial charge in [-0.05, 0) is 80.9 Å². The van der Waals surface area contributed by atoms with Gasteiger partial charge in [0.25, 0.3) is 0 Å². The Hall–Kier alpha value is -3.67. The average molecular weight is 614 g/mol. The molecule has 2 atom stereocenters. The fraction of sp³-hybridized carbons (Fsp3) is 0.0769. The molecule has 0 aliphatic heterocycles. The second-order valence-corrected chi connectivity index (χ2v) is 18.6. The van der Waals surface area contributed by atoms with E-state index in [0.717, 1.165) is 4.90 Å². The molecule has 6 rings (SSSR count). The fourth-order valence-electron chi connectivity index (χ4n) is 5.92. The van der Waals surface area contributed by atoms with Crippen molar-refractivity contribution in [2.75, 3.05) is 0 Å². The van der Waals surface area contributed by atoms with E-state index in [4.69, 9.17) is 0 Å². The molecule has 0 saturated heterocycles. The quantitative estimate of drug-likeness (QED) is 0.158. The molecular weight excluding hydrogens is 578 g/mol. The van der Waals surface area contributed by atoms with E-state index in [1.165, 1.54) is 37.4 Å². The molecule has 6 aromatic rings. The minimum atomic E-state index is -2.49. The van der Waals surface area contributed by atoms with Crippen LogP contribution in [0.15, 0.2) is 175 Å². The lowest BCUT2D eigenvalue weighted by Gasteiger charge is -2.35. The van der Waals surface area contributed by atoms with Crippen LogP contribution in [0.4, 0.5) is 0 Å². The normalized spacial score (nSPS) is 13.0. The number of aryl methyl sites for hydroxylation is 1. The Morgan fingerprint density at radius 1 is 0.535 bits per heavy atom. The number of rotatable bonds is 9. The van der Waals surface area contributed by atoms with Gasteiger partial charge in [-0.15, -0.1) is 0 Å². The zero-order chi connectivity index (χ0) is 29.6. The fourth-order valence-corrected chi connectivity index (χ4v) is 16.5. The maximum absolute atomic E-state index is 14.8.